The summed E-state index contributed by atoms with van der Waals surface area (Å²) in [6.45, 7) is 5.50. The number of amides is 2. The summed E-state index contributed by atoms with van der Waals surface area (Å²) in [6, 6.07) is 11.5. The van der Waals surface area contributed by atoms with Gasteiger partial charge in [0.25, 0.3) is 5.91 Å². The maximum Gasteiger partial charge on any atom is 0.409 e. The molecule has 0 spiro atoms. The summed E-state index contributed by atoms with van der Waals surface area (Å²) in [4.78, 5) is 30.2. The van der Waals surface area contributed by atoms with Crippen molar-refractivity contribution in [3.05, 3.63) is 53.7 Å². The number of aryl methyl sites for hydroxylation is 1. The third kappa shape index (κ3) is 5.22. The van der Waals surface area contributed by atoms with E-state index in [0.717, 1.165) is 29.9 Å². The van der Waals surface area contributed by atoms with Gasteiger partial charge in [-0.15, -0.1) is 0 Å². The van der Waals surface area contributed by atoms with Crippen LogP contribution in [0, 0.1) is 6.92 Å². The van der Waals surface area contributed by atoms with Crippen LogP contribution in [-0.2, 0) is 4.74 Å². The Bertz CT molecular complexity index is 815. The van der Waals surface area contributed by atoms with E-state index in [1.54, 1.807) is 17.2 Å². The minimum atomic E-state index is -0.247. The summed E-state index contributed by atoms with van der Waals surface area (Å²) in [6.07, 6.45) is 2.98. The van der Waals surface area contributed by atoms with E-state index < -0.39 is 0 Å². The lowest BCUT2D eigenvalue weighted by atomic mass is 10.1. The molecule has 1 aliphatic rings. The number of hydrogen-bond donors (Lipinski definition) is 2. The Morgan fingerprint density at radius 3 is 2.64 bits per heavy atom. The number of piperidine rings is 1. The van der Waals surface area contributed by atoms with E-state index in [0.29, 0.717) is 25.3 Å². The number of anilines is 2. The smallest absolute Gasteiger partial charge is 0.409 e. The summed E-state index contributed by atoms with van der Waals surface area (Å²) in [5.41, 5.74) is 2.36. The van der Waals surface area contributed by atoms with Crippen molar-refractivity contribution in [1.29, 1.82) is 0 Å². The fourth-order valence-electron chi connectivity index (χ4n) is 3.17. The van der Waals surface area contributed by atoms with Crippen LogP contribution in [0.25, 0.3) is 0 Å². The molecule has 1 fully saturated rings. The number of likely N-dealkylation sites (tertiary alicyclic amines) is 1. The van der Waals surface area contributed by atoms with Crippen molar-refractivity contribution in [2.75, 3.05) is 30.3 Å². The second-order valence-electron chi connectivity index (χ2n) is 6.86. The Kier molecular flexibility index (Phi) is 6.47. The summed E-state index contributed by atoms with van der Waals surface area (Å²) in [5.74, 6) is 0.536. The number of benzene rings is 1. The first-order chi connectivity index (χ1) is 13.5. The Labute approximate surface area is 165 Å². The summed E-state index contributed by atoms with van der Waals surface area (Å²) in [7, 11) is 0. The lowest BCUT2D eigenvalue weighted by Gasteiger charge is -2.31. The number of carbonyl (C=O) groups is 2. The topological polar surface area (TPSA) is 83.6 Å². The van der Waals surface area contributed by atoms with E-state index in [9.17, 15) is 9.59 Å². The minimum Gasteiger partial charge on any atom is -0.450 e. The quantitative estimate of drug-likeness (QED) is 0.824. The molecule has 7 nitrogen and oxygen atoms in total. The van der Waals surface area contributed by atoms with Gasteiger partial charge in [0, 0.05) is 31.0 Å². The monoisotopic (exact) mass is 382 g/mol. The third-order valence-electron chi connectivity index (χ3n) is 4.67. The number of rotatable bonds is 5. The van der Waals surface area contributed by atoms with Gasteiger partial charge in [-0.1, -0.05) is 12.1 Å². The zero-order valence-corrected chi connectivity index (χ0v) is 16.3. The molecule has 1 saturated heterocycles. The molecular formula is C21H26N4O3. The second-order valence-corrected chi connectivity index (χ2v) is 6.86. The van der Waals surface area contributed by atoms with Crippen LogP contribution in [0.5, 0.6) is 0 Å². The molecule has 0 bridgehead atoms. The molecule has 148 valence electrons. The Morgan fingerprint density at radius 1 is 1.21 bits per heavy atom. The normalized spacial score (nSPS) is 14.4. The highest BCUT2D eigenvalue weighted by molar-refractivity contribution is 6.04. The van der Waals surface area contributed by atoms with Gasteiger partial charge in [-0.3, -0.25) is 4.79 Å². The predicted octanol–water partition coefficient (Wildman–Crippen LogP) is 3.68. The molecular weight excluding hydrogens is 356 g/mol. The van der Waals surface area contributed by atoms with Crippen molar-refractivity contribution >= 4 is 23.5 Å². The number of nitrogens with zero attached hydrogens (tertiary/aromatic N) is 2. The zero-order chi connectivity index (χ0) is 19.9. The fourth-order valence-corrected chi connectivity index (χ4v) is 3.17. The van der Waals surface area contributed by atoms with Gasteiger partial charge in [0.15, 0.2) is 0 Å². The Morgan fingerprint density at radius 2 is 2.00 bits per heavy atom. The van der Waals surface area contributed by atoms with Crippen LogP contribution in [0.3, 0.4) is 0 Å². The largest absolute Gasteiger partial charge is 0.450 e. The maximum absolute atomic E-state index is 12.4. The first kappa shape index (κ1) is 19.7. The molecule has 1 aliphatic heterocycles. The molecule has 1 aromatic carbocycles. The average Bonchev–Trinajstić information content (AvgIpc) is 2.69. The number of carbonyl (C=O) groups excluding carboxylic acids is 2. The lowest BCUT2D eigenvalue weighted by molar-refractivity contribution is 0.0982. The van der Waals surface area contributed by atoms with Gasteiger partial charge in [-0.2, -0.15) is 0 Å². The van der Waals surface area contributed by atoms with Crippen LogP contribution in [0.15, 0.2) is 42.6 Å². The van der Waals surface area contributed by atoms with Gasteiger partial charge in [-0.25, -0.2) is 9.78 Å². The van der Waals surface area contributed by atoms with Gasteiger partial charge in [0.1, 0.15) is 5.82 Å². The van der Waals surface area contributed by atoms with Crippen molar-refractivity contribution in [1.82, 2.24) is 9.88 Å². The van der Waals surface area contributed by atoms with Gasteiger partial charge in [0.05, 0.1) is 12.2 Å². The highest BCUT2D eigenvalue weighted by Crippen LogP contribution is 2.17. The van der Waals surface area contributed by atoms with Crippen molar-refractivity contribution < 1.29 is 14.3 Å². The van der Waals surface area contributed by atoms with Gasteiger partial charge in [-0.05, 0) is 56.5 Å². The van der Waals surface area contributed by atoms with Crippen LogP contribution in [0.1, 0.15) is 35.7 Å². The molecule has 2 N–H and O–H groups in total. The Hall–Kier alpha value is -3.09. The predicted molar refractivity (Wildman–Crippen MR) is 109 cm³/mol. The summed E-state index contributed by atoms with van der Waals surface area (Å²) >= 11 is 0. The molecule has 0 unspecified atom stereocenters. The number of nitrogens with one attached hydrogen (secondary N) is 2. The molecule has 2 aromatic rings. The molecule has 7 heteroatoms. The van der Waals surface area contributed by atoms with Gasteiger partial charge in [0.2, 0.25) is 0 Å². The van der Waals surface area contributed by atoms with Gasteiger partial charge >= 0.3 is 6.09 Å². The first-order valence-electron chi connectivity index (χ1n) is 9.57. The third-order valence-corrected chi connectivity index (χ3v) is 4.67. The van der Waals surface area contributed by atoms with E-state index in [2.05, 4.69) is 15.6 Å². The summed E-state index contributed by atoms with van der Waals surface area (Å²) < 4.78 is 5.04. The van der Waals surface area contributed by atoms with Crippen molar-refractivity contribution in [2.45, 2.75) is 32.7 Å². The number of hydrogen-bond acceptors (Lipinski definition) is 5. The van der Waals surface area contributed by atoms with Crippen molar-refractivity contribution in [2.24, 2.45) is 0 Å². The van der Waals surface area contributed by atoms with Crippen LogP contribution in [0.2, 0.25) is 0 Å². The zero-order valence-electron chi connectivity index (χ0n) is 16.3. The SMILES string of the molecule is CCOC(=O)N1CCC(Nc2ccc(C(=O)Nc3cccc(C)c3)cn2)CC1. The van der Waals surface area contributed by atoms with Crippen molar-refractivity contribution in [3.63, 3.8) is 0 Å². The highest BCUT2D eigenvalue weighted by atomic mass is 16.6. The van der Waals surface area contributed by atoms with E-state index >= 15 is 0 Å². The minimum absolute atomic E-state index is 0.188. The molecule has 0 saturated carbocycles. The number of pyridine rings is 1. The molecule has 2 amide bonds. The number of ether oxygens (including phenoxy) is 1. The van der Waals surface area contributed by atoms with Crippen molar-refractivity contribution in [3.8, 4) is 0 Å². The van der Waals surface area contributed by atoms with Crippen LogP contribution in [-0.4, -0.2) is 47.6 Å². The Balaban J connectivity index is 1.51. The van der Waals surface area contributed by atoms with Crippen LogP contribution in [0.4, 0.5) is 16.3 Å². The lowest BCUT2D eigenvalue weighted by Crippen LogP contribution is -2.42. The molecule has 0 radical (unpaired) electrons. The highest BCUT2D eigenvalue weighted by Gasteiger charge is 2.23. The second kappa shape index (κ2) is 9.21. The van der Waals surface area contributed by atoms with E-state index in [1.165, 1.54) is 0 Å². The van der Waals surface area contributed by atoms with Crippen LogP contribution < -0.4 is 10.6 Å². The summed E-state index contributed by atoms with van der Waals surface area (Å²) in [5, 5.41) is 6.25. The first-order valence-corrected chi connectivity index (χ1v) is 9.57. The molecule has 1 aromatic heterocycles. The molecule has 3 rings (SSSR count). The molecule has 0 aliphatic carbocycles. The standard InChI is InChI=1S/C21H26N4O3/c1-3-28-21(27)25-11-9-17(10-12-25)23-19-8-7-16(14-22-19)20(26)24-18-6-4-5-15(2)13-18/h4-8,13-14,17H,3,9-12H2,1-2H3,(H,22,23)(H,24,26). The fraction of sp³-hybridized carbons (Fsp3) is 0.381. The van der Waals surface area contributed by atoms with Crippen LogP contribution >= 0.6 is 0 Å². The van der Waals surface area contributed by atoms with E-state index in [4.69, 9.17) is 4.74 Å². The molecule has 0 atom stereocenters. The van der Waals surface area contributed by atoms with Gasteiger partial charge < -0.3 is 20.3 Å². The molecule has 2 heterocycles. The molecule has 28 heavy (non-hydrogen) atoms. The number of aromatic nitrogens is 1. The maximum atomic E-state index is 12.4. The van der Waals surface area contributed by atoms with E-state index in [1.807, 2.05) is 44.2 Å². The van der Waals surface area contributed by atoms with E-state index in [-0.39, 0.29) is 18.0 Å². The average molecular weight is 382 g/mol.